The Bertz CT molecular complexity index is 331. The number of nitrogens with zero attached hydrogens (tertiary/aromatic N) is 3. The Morgan fingerprint density at radius 2 is 2.06 bits per heavy atom. The lowest BCUT2D eigenvalue weighted by atomic mass is 10.4. The first-order chi connectivity index (χ1) is 7.69. The van der Waals surface area contributed by atoms with E-state index in [1.165, 1.54) is 0 Å². The lowest BCUT2D eigenvalue weighted by molar-refractivity contribution is 0.367. The molecule has 5 nitrogen and oxygen atoms in total. The van der Waals surface area contributed by atoms with Gasteiger partial charge in [-0.05, 0) is 29.5 Å². The summed E-state index contributed by atoms with van der Waals surface area (Å²) in [6.07, 6.45) is 1.54. The minimum atomic E-state index is 0.793. The van der Waals surface area contributed by atoms with Gasteiger partial charge in [0.05, 0.1) is 0 Å². The zero-order chi connectivity index (χ0) is 12.0. The zero-order valence-electron chi connectivity index (χ0n) is 9.92. The third-order valence-electron chi connectivity index (χ3n) is 2.35. The van der Waals surface area contributed by atoms with Crippen molar-refractivity contribution in [3.05, 3.63) is 10.8 Å². The maximum absolute atomic E-state index is 4.18. The maximum Gasteiger partial charge on any atom is 0.145 e. The van der Waals surface area contributed by atoms with Gasteiger partial charge in [0, 0.05) is 20.1 Å². The van der Waals surface area contributed by atoms with Crippen molar-refractivity contribution in [1.29, 1.82) is 0 Å². The monoisotopic (exact) mass is 287 g/mol. The molecule has 0 saturated heterocycles. The largest absolute Gasteiger partial charge is 0.372 e. The first-order valence-electron chi connectivity index (χ1n) is 5.29. The van der Waals surface area contributed by atoms with Crippen LogP contribution in [0.3, 0.4) is 0 Å². The predicted octanol–water partition coefficient (Wildman–Crippen LogP) is 1.64. The number of hydrogen-bond acceptors (Lipinski definition) is 5. The smallest absolute Gasteiger partial charge is 0.145 e. The number of rotatable bonds is 6. The summed E-state index contributed by atoms with van der Waals surface area (Å²) >= 11 is 3.46. The van der Waals surface area contributed by atoms with Gasteiger partial charge >= 0.3 is 0 Å². The molecule has 0 aromatic carbocycles. The Kier molecular flexibility index (Phi) is 5.48. The van der Waals surface area contributed by atoms with E-state index in [-0.39, 0.29) is 0 Å². The van der Waals surface area contributed by atoms with E-state index in [1.54, 1.807) is 6.33 Å². The van der Waals surface area contributed by atoms with Gasteiger partial charge in [-0.2, -0.15) is 0 Å². The van der Waals surface area contributed by atoms with E-state index in [0.29, 0.717) is 0 Å². The van der Waals surface area contributed by atoms with Crippen molar-refractivity contribution in [1.82, 2.24) is 14.9 Å². The Hall–Kier alpha value is -0.880. The molecule has 0 bridgehead atoms. The van der Waals surface area contributed by atoms with E-state index in [0.717, 1.165) is 35.7 Å². The molecular weight excluding hydrogens is 270 g/mol. The highest BCUT2D eigenvalue weighted by molar-refractivity contribution is 9.10. The van der Waals surface area contributed by atoms with Crippen molar-refractivity contribution < 1.29 is 0 Å². The van der Waals surface area contributed by atoms with Gasteiger partial charge < -0.3 is 15.5 Å². The normalized spacial score (nSPS) is 10.6. The lowest BCUT2D eigenvalue weighted by Crippen LogP contribution is -2.25. The fourth-order valence-corrected chi connectivity index (χ4v) is 1.73. The van der Waals surface area contributed by atoms with E-state index in [1.807, 2.05) is 7.05 Å². The summed E-state index contributed by atoms with van der Waals surface area (Å²) < 4.78 is 0.872. The second-order valence-electron chi connectivity index (χ2n) is 3.46. The topological polar surface area (TPSA) is 53.1 Å². The van der Waals surface area contributed by atoms with Crippen molar-refractivity contribution in [3.63, 3.8) is 0 Å². The summed E-state index contributed by atoms with van der Waals surface area (Å²) in [7, 11) is 3.93. The van der Waals surface area contributed by atoms with Crippen LogP contribution in [0.1, 0.15) is 6.92 Å². The molecule has 0 spiro atoms. The minimum absolute atomic E-state index is 0.793. The molecule has 0 atom stereocenters. The van der Waals surface area contributed by atoms with Gasteiger partial charge in [-0.15, -0.1) is 0 Å². The van der Waals surface area contributed by atoms with E-state index < -0.39 is 0 Å². The molecule has 1 rings (SSSR count). The summed E-state index contributed by atoms with van der Waals surface area (Å²) in [5, 5.41) is 6.27. The molecule has 0 aliphatic rings. The molecule has 0 saturated carbocycles. The SMILES string of the molecule is CCN(C)CCNc1ncnc(NC)c1Br. The highest BCUT2D eigenvalue weighted by Gasteiger charge is 2.06. The molecule has 1 heterocycles. The number of aromatic nitrogens is 2. The van der Waals surface area contributed by atoms with Crippen LogP contribution in [-0.2, 0) is 0 Å². The fraction of sp³-hybridized carbons (Fsp3) is 0.600. The molecule has 0 fully saturated rings. The van der Waals surface area contributed by atoms with Crippen LogP contribution in [0.4, 0.5) is 11.6 Å². The number of hydrogen-bond donors (Lipinski definition) is 2. The molecule has 0 radical (unpaired) electrons. The van der Waals surface area contributed by atoms with Crippen LogP contribution in [0.15, 0.2) is 10.8 Å². The summed E-state index contributed by atoms with van der Waals surface area (Å²) in [5.41, 5.74) is 0. The Morgan fingerprint density at radius 3 is 2.69 bits per heavy atom. The van der Waals surface area contributed by atoms with Gasteiger partial charge in [-0.25, -0.2) is 9.97 Å². The van der Waals surface area contributed by atoms with Crippen LogP contribution < -0.4 is 10.6 Å². The van der Waals surface area contributed by atoms with Crippen LogP contribution in [0.25, 0.3) is 0 Å². The molecule has 0 unspecified atom stereocenters. The van der Waals surface area contributed by atoms with E-state index >= 15 is 0 Å². The van der Waals surface area contributed by atoms with Gasteiger partial charge in [-0.3, -0.25) is 0 Å². The standard InChI is InChI=1S/C10H18BrN5/c1-4-16(3)6-5-13-10-8(11)9(12-2)14-7-15-10/h7H,4-6H2,1-3H3,(H2,12,13,14,15). The van der Waals surface area contributed by atoms with Gasteiger partial charge in [0.15, 0.2) is 0 Å². The van der Waals surface area contributed by atoms with Crippen molar-refractivity contribution in [3.8, 4) is 0 Å². The van der Waals surface area contributed by atoms with Crippen LogP contribution in [0.2, 0.25) is 0 Å². The first-order valence-corrected chi connectivity index (χ1v) is 6.09. The Balaban J connectivity index is 2.54. The number of likely N-dealkylation sites (N-methyl/N-ethyl adjacent to an activating group) is 1. The molecule has 2 N–H and O–H groups in total. The van der Waals surface area contributed by atoms with E-state index in [4.69, 9.17) is 0 Å². The molecule has 0 aliphatic heterocycles. The van der Waals surface area contributed by atoms with Crippen LogP contribution in [0, 0.1) is 0 Å². The second-order valence-corrected chi connectivity index (χ2v) is 4.25. The van der Waals surface area contributed by atoms with Crippen molar-refractivity contribution in [2.45, 2.75) is 6.92 Å². The quantitative estimate of drug-likeness (QED) is 0.833. The van der Waals surface area contributed by atoms with Gasteiger partial charge in [0.25, 0.3) is 0 Å². The third-order valence-corrected chi connectivity index (χ3v) is 3.10. The lowest BCUT2D eigenvalue weighted by Gasteiger charge is -2.15. The molecule has 1 aromatic heterocycles. The number of nitrogens with one attached hydrogen (secondary N) is 2. The van der Waals surface area contributed by atoms with Crippen molar-refractivity contribution in [2.24, 2.45) is 0 Å². The average Bonchev–Trinajstić information content (AvgIpc) is 2.31. The minimum Gasteiger partial charge on any atom is -0.372 e. The Labute approximate surface area is 105 Å². The van der Waals surface area contributed by atoms with Crippen molar-refractivity contribution in [2.75, 3.05) is 44.4 Å². The van der Waals surface area contributed by atoms with Crippen LogP contribution in [0.5, 0.6) is 0 Å². The molecule has 0 aliphatic carbocycles. The molecule has 16 heavy (non-hydrogen) atoms. The summed E-state index contributed by atoms with van der Waals surface area (Å²) in [4.78, 5) is 10.5. The summed E-state index contributed by atoms with van der Waals surface area (Å²) in [5.74, 6) is 1.62. The first kappa shape index (κ1) is 13.2. The molecular formula is C10H18BrN5. The zero-order valence-corrected chi connectivity index (χ0v) is 11.5. The molecule has 90 valence electrons. The average molecular weight is 288 g/mol. The fourth-order valence-electron chi connectivity index (χ4n) is 1.19. The maximum atomic E-state index is 4.18. The van der Waals surface area contributed by atoms with Gasteiger partial charge in [0.2, 0.25) is 0 Å². The van der Waals surface area contributed by atoms with Gasteiger partial charge in [0.1, 0.15) is 22.4 Å². The van der Waals surface area contributed by atoms with E-state index in [9.17, 15) is 0 Å². The van der Waals surface area contributed by atoms with Crippen LogP contribution in [-0.4, -0.2) is 48.6 Å². The van der Waals surface area contributed by atoms with Crippen molar-refractivity contribution >= 4 is 27.6 Å². The number of halogens is 1. The summed E-state index contributed by atoms with van der Waals surface area (Å²) in [6, 6.07) is 0. The third kappa shape index (κ3) is 3.61. The highest BCUT2D eigenvalue weighted by atomic mass is 79.9. The van der Waals surface area contributed by atoms with Crippen LogP contribution >= 0.6 is 15.9 Å². The predicted molar refractivity (Wildman–Crippen MR) is 70.9 cm³/mol. The molecule has 6 heteroatoms. The van der Waals surface area contributed by atoms with E-state index in [2.05, 4.69) is 55.4 Å². The molecule has 1 aromatic rings. The molecule has 0 amide bonds. The summed E-state index contributed by atoms with van der Waals surface area (Å²) in [6.45, 7) is 5.04. The second kappa shape index (κ2) is 6.65. The Morgan fingerprint density at radius 1 is 1.38 bits per heavy atom. The highest BCUT2D eigenvalue weighted by Crippen LogP contribution is 2.25. The van der Waals surface area contributed by atoms with Gasteiger partial charge in [-0.1, -0.05) is 6.92 Å². The number of anilines is 2.